The van der Waals surface area contributed by atoms with Gasteiger partial charge in [-0.05, 0) is 25.0 Å². The fourth-order valence-corrected chi connectivity index (χ4v) is 2.85. The van der Waals surface area contributed by atoms with Gasteiger partial charge < -0.3 is 14.8 Å². The van der Waals surface area contributed by atoms with Gasteiger partial charge >= 0.3 is 18.1 Å². The maximum absolute atomic E-state index is 13.7. The smallest absolute Gasteiger partial charge is 0.424 e. The predicted octanol–water partition coefficient (Wildman–Crippen LogP) is 5.42. The number of nitrogens with one attached hydrogen (secondary N) is 2. The number of fused-ring (bicyclic) bond motifs is 1. The van der Waals surface area contributed by atoms with Crippen LogP contribution in [0.4, 0.5) is 23.7 Å². The SMILES string of the molecule is Cc1cccc(C)c1NC(=O)NC1(C(F)(F)F)Oc2cc(Cl)c(Cl)cc2O1. The van der Waals surface area contributed by atoms with Crippen molar-refractivity contribution in [2.45, 2.75) is 25.9 Å². The quantitative estimate of drug-likeness (QED) is 0.681. The van der Waals surface area contributed by atoms with Crippen molar-refractivity contribution in [3.63, 3.8) is 0 Å². The molecule has 0 bridgehead atoms. The second-order valence-corrected chi connectivity index (χ2v) is 6.69. The van der Waals surface area contributed by atoms with Crippen molar-refractivity contribution in [3.05, 3.63) is 51.5 Å². The molecule has 0 aliphatic carbocycles. The number of benzene rings is 2. The number of alkyl halides is 3. The van der Waals surface area contributed by atoms with Crippen molar-refractivity contribution in [2.24, 2.45) is 0 Å². The third kappa shape index (κ3) is 3.59. The summed E-state index contributed by atoms with van der Waals surface area (Å²) in [5, 5.41) is 4.07. The Kier molecular flexibility index (Phi) is 4.81. The molecule has 1 aliphatic rings. The summed E-state index contributed by atoms with van der Waals surface area (Å²) in [5.41, 5.74) is 1.75. The summed E-state index contributed by atoms with van der Waals surface area (Å²) in [7, 11) is 0. The molecule has 0 radical (unpaired) electrons. The molecule has 0 atom stereocenters. The van der Waals surface area contributed by atoms with Crippen molar-refractivity contribution in [3.8, 4) is 11.5 Å². The molecule has 2 aromatic carbocycles. The first-order valence-corrected chi connectivity index (χ1v) is 8.37. The van der Waals surface area contributed by atoms with Crippen molar-refractivity contribution in [1.82, 2.24) is 5.32 Å². The number of para-hydroxylation sites is 1. The molecule has 2 aromatic rings. The van der Waals surface area contributed by atoms with Gasteiger partial charge in [0, 0.05) is 17.8 Å². The average molecular weight is 421 g/mol. The molecule has 0 saturated carbocycles. The van der Waals surface area contributed by atoms with Crippen LogP contribution in [-0.2, 0) is 0 Å². The Labute approximate surface area is 162 Å². The number of urea groups is 1. The van der Waals surface area contributed by atoms with Crippen molar-refractivity contribution in [2.75, 3.05) is 5.32 Å². The lowest BCUT2D eigenvalue weighted by atomic mass is 10.1. The molecule has 0 saturated heterocycles. The van der Waals surface area contributed by atoms with Crippen LogP contribution >= 0.6 is 23.2 Å². The van der Waals surface area contributed by atoms with Gasteiger partial charge in [0.1, 0.15) is 0 Å². The third-order valence-electron chi connectivity index (χ3n) is 3.86. The van der Waals surface area contributed by atoms with Crippen LogP contribution in [0.15, 0.2) is 30.3 Å². The van der Waals surface area contributed by atoms with Gasteiger partial charge in [-0.1, -0.05) is 41.4 Å². The van der Waals surface area contributed by atoms with Gasteiger partial charge in [-0.15, -0.1) is 0 Å². The number of carbonyl (C=O) groups is 1. The number of aryl methyl sites for hydroxylation is 2. The van der Waals surface area contributed by atoms with Gasteiger partial charge in [-0.3, -0.25) is 5.32 Å². The molecule has 3 rings (SSSR count). The number of anilines is 1. The molecule has 5 nitrogen and oxygen atoms in total. The number of carbonyl (C=O) groups excluding carboxylic acids is 1. The Morgan fingerprint density at radius 2 is 1.52 bits per heavy atom. The second kappa shape index (κ2) is 6.69. The molecule has 1 heterocycles. The molecular weight excluding hydrogens is 408 g/mol. The van der Waals surface area contributed by atoms with Crippen LogP contribution in [0.25, 0.3) is 0 Å². The van der Waals surface area contributed by atoms with Crippen LogP contribution < -0.4 is 20.1 Å². The Morgan fingerprint density at radius 1 is 1.04 bits per heavy atom. The average Bonchev–Trinajstić information content (AvgIpc) is 2.89. The number of ether oxygens (including phenoxy) is 2. The molecule has 27 heavy (non-hydrogen) atoms. The number of hydrogen-bond donors (Lipinski definition) is 2. The zero-order chi connectivity index (χ0) is 20.0. The zero-order valence-electron chi connectivity index (χ0n) is 14.0. The molecular formula is C17H13Cl2F3N2O3. The third-order valence-corrected chi connectivity index (χ3v) is 4.59. The molecule has 1 aliphatic heterocycles. The first kappa shape index (κ1) is 19.4. The number of hydrogen-bond acceptors (Lipinski definition) is 3. The number of rotatable bonds is 2. The van der Waals surface area contributed by atoms with E-state index in [2.05, 4.69) is 5.32 Å². The minimum Gasteiger partial charge on any atom is -0.424 e. The van der Waals surface area contributed by atoms with Gasteiger partial charge in [0.05, 0.1) is 10.0 Å². The van der Waals surface area contributed by atoms with E-state index in [1.54, 1.807) is 37.4 Å². The fourth-order valence-electron chi connectivity index (χ4n) is 2.54. The summed E-state index contributed by atoms with van der Waals surface area (Å²) in [6, 6.07) is 6.19. The van der Waals surface area contributed by atoms with E-state index >= 15 is 0 Å². The minimum atomic E-state index is -5.09. The number of amides is 2. The fraction of sp³-hybridized carbons (Fsp3) is 0.235. The van der Waals surface area contributed by atoms with Gasteiger partial charge in [-0.25, -0.2) is 4.79 Å². The Hall–Kier alpha value is -2.32. The number of halogens is 5. The lowest BCUT2D eigenvalue weighted by molar-refractivity contribution is -0.317. The highest BCUT2D eigenvalue weighted by Gasteiger charge is 2.66. The summed E-state index contributed by atoms with van der Waals surface area (Å²) in [6.07, 6.45) is -5.09. The molecule has 0 aromatic heterocycles. The van der Waals surface area contributed by atoms with Crippen LogP contribution in [0.3, 0.4) is 0 Å². The van der Waals surface area contributed by atoms with Crippen LogP contribution in [-0.4, -0.2) is 18.1 Å². The molecule has 0 spiro atoms. The standard InChI is InChI=1S/C17H13Cl2F3N2O3/c1-8-4-3-5-9(2)14(8)23-15(25)24-17(16(20,21)22)26-12-6-10(18)11(19)7-13(12)27-17/h3-7H,1-2H3,(H2,23,24,25). The summed E-state index contributed by atoms with van der Waals surface area (Å²) in [5.74, 6) is -4.01. The van der Waals surface area contributed by atoms with Crippen molar-refractivity contribution < 1.29 is 27.4 Å². The van der Waals surface area contributed by atoms with E-state index < -0.39 is 18.1 Å². The summed E-state index contributed by atoms with van der Waals surface area (Å²) in [4.78, 5) is 12.3. The van der Waals surface area contributed by atoms with E-state index in [4.69, 9.17) is 32.7 Å². The van der Waals surface area contributed by atoms with Crippen LogP contribution in [0.2, 0.25) is 10.0 Å². The van der Waals surface area contributed by atoms with Crippen molar-refractivity contribution in [1.29, 1.82) is 0 Å². The van der Waals surface area contributed by atoms with Gasteiger partial charge in [0.15, 0.2) is 11.5 Å². The Bertz CT molecular complexity index is 868. The van der Waals surface area contributed by atoms with Crippen LogP contribution in [0, 0.1) is 13.8 Å². The van der Waals surface area contributed by atoms with E-state index in [0.29, 0.717) is 16.8 Å². The largest absolute Gasteiger partial charge is 0.492 e. The van der Waals surface area contributed by atoms with Crippen LogP contribution in [0.5, 0.6) is 11.5 Å². The first-order chi connectivity index (χ1) is 12.5. The van der Waals surface area contributed by atoms with E-state index in [1.165, 1.54) is 0 Å². The maximum Gasteiger partial charge on any atom is 0.492 e. The topological polar surface area (TPSA) is 59.6 Å². The zero-order valence-corrected chi connectivity index (χ0v) is 15.5. The molecule has 144 valence electrons. The first-order valence-electron chi connectivity index (χ1n) is 7.61. The highest BCUT2D eigenvalue weighted by molar-refractivity contribution is 6.42. The molecule has 2 N–H and O–H groups in total. The second-order valence-electron chi connectivity index (χ2n) is 5.88. The molecule has 10 heteroatoms. The monoisotopic (exact) mass is 420 g/mol. The van der Waals surface area contributed by atoms with Crippen LogP contribution in [0.1, 0.15) is 11.1 Å². The molecule has 0 fully saturated rings. The van der Waals surface area contributed by atoms with Gasteiger partial charge in [0.25, 0.3) is 0 Å². The Morgan fingerprint density at radius 3 is 1.96 bits per heavy atom. The highest BCUT2D eigenvalue weighted by Crippen LogP contribution is 2.48. The highest BCUT2D eigenvalue weighted by atomic mass is 35.5. The van der Waals surface area contributed by atoms with E-state index in [1.807, 2.05) is 0 Å². The van der Waals surface area contributed by atoms with E-state index in [9.17, 15) is 18.0 Å². The van der Waals surface area contributed by atoms with Gasteiger partial charge in [-0.2, -0.15) is 13.2 Å². The predicted molar refractivity (Wildman–Crippen MR) is 94.6 cm³/mol. The van der Waals surface area contributed by atoms with Gasteiger partial charge in [0.2, 0.25) is 0 Å². The lowest BCUT2D eigenvalue weighted by Crippen LogP contribution is -2.65. The minimum absolute atomic E-state index is 0.0167. The maximum atomic E-state index is 13.7. The molecule has 2 amide bonds. The van der Waals surface area contributed by atoms with Crippen molar-refractivity contribution >= 4 is 34.9 Å². The molecule has 0 unspecified atom stereocenters. The summed E-state index contributed by atoms with van der Waals surface area (Å²) >= 11 is 11.6. The summed E-state index contributed by atoms with van der Waals surface area (Å²) in [6.45, 7) is 3.43. The normalized spacial score (nSPS) is 14.8. The Balaban J connectivity index is 1.88. The lowest BCUT2D eigenvalue weighted by Gasteiger charge is -2.29. The van der Waals surface area contributed by atoms with E-state index in [-0.39, 0.29) is 21.5 Å². The summed E-state index contributed by atoms with van der Waals surface area (Å²) < 4.78 is 50.8. The van der Waals surface area contributed by atoms with E-state index in [0.717, 1.165) is 12.1 Å².